The Hall–Kier alpha value is -3.49. The minimum atomic E-state index is -0.583. The summed E-state index contributed by atoms with van der Waals surface area (Å²) in [5.74, 6) is -1.43. The van der Waals surface area contributed by atoms with Gasteiger partial charge in [0.2, 0.25) is 0 Å². The zero-order valence-electron chi connectivity index (χ0n) is 14.3. The van der Waals surface area contributed by atoms with Gasteiger partial charge >= 0.3 is 5.97 Å². The average Bonchev–Trinajstić information content (AvgIpc) is 2.66. The number of carbonyl (C=O) groups excluding carboxylic acids is 2. The summed E-state index contributed by atoms with van der Waals surface area (Å²) < 4.78 is 17.6. The summed E-state index contributed by atoms with van der Waals surface area (Å²) in [7, 11) is 0. The van der Waals surface area contributed by atoms with Crippen molar-refractivity contribution in [1.29, 1.82) is 0 Å². The smallest absolute Gasteiger partial charge is 0.310 e. The predicted molar refractivity (Wildman–Crippen MR) is 95.7 cm³/mol. The number of ether oxygens (including phenoxy) is 1. The summed E-state index contributed by atoms with van der Waals surface area (Å²) in [5.41, 5.74) is 1.27. The van der Waals surface area contributed by atoms with E-state index in [2.05, 4.69) is 10.6 Å². The van der Waals surface area contributed by atoms with Gasteiger partial charge < -0.3 is 15.4 Å². The highest BCUT2D eigenvalue weighted by Gasteiger charge is 2.08. The Balaban J connectivity index is 1.61. The SMILES string of the molecule is O=C(COC(=O)Cc1ccc(F)cc1)NCCNc1ccc([N+](=O)[O-])cc1. The van der Waals surface area contributed by atoms with Crippen molar-refractivity contribution in [1.82, 2.24) is 5.32 Å². The molecule has 0 saturated heterocycles. The monoisotopic (exact) mass is 375 g/mol. The Morgan fingerprint density at radius 3 is 2.33 bits per heavy atom. The summed E-state index contributed by atoms with van der Waals surface area (Å²) in [4.78, 5) is 33.3. The molecule has 0 aliphatic carbocycles. The molecular weight excluding hydrogens is 357 g/mol. The molecule has 0 spiro atoms. The molecule has 27 heavy (non-hydrogen) atoms. The standard InChI is InChI=1S/C18H18FN3O5/c19-14-3-1-13(2-4-14)11-18(24)27-12-17(23)21-10-9-20-15-5-7-16(8-6-15)22(25)26/h1-8,20H,9-12H2,(H,21,23). The zero-order chi connectivity index (χ0) is 19.6. The first-order valence-electron chi connectivity index (χ1n) is 8.09. The van der Waals surface area contributed by atoms with Gasteiger partial charge in [-0.1, -0.05) is 12.1 Å². The Bertz CT molecular complexity index is 794. The molecular formula is C18H18FN3O5. The van der Waals surface area contributed by atoms with Crippen LogP contribution in [-0.4, -0.2) is 36.5 Å². The number of nitro groups is 1. The number of nitrogens with one attached hydrogen (secondary N) is 2. The fourth-order valence-electron chi connectivity index (χ4n) is 2.13. The molecule has 142 valence electrons. The van der Waals surface area contributed by atoms with E-state index in [4.69, 9.17) is 4.74 Å². The van der Waals surface area contributed by atoms with E-state index in [1.165, 1.54) is 36.4 Å². The largest absolute Gasteiger partial charge is 0.455 e. The number of halogens is 1. The van der Waals surface area contributed by atoms with E-state index in [0.29, 0.717) is 17.8 Å². The maximum atomic E-state index is 12.8. The first-order chi connectivity index (χ1) is 12.9. The number of amides is 1. The molecule has 9 heteroatoms. The molecule has 2 aromatic carbocycles. The van der Waals surface area contributed by atoms with Crippen LogP contribution in [0.4, 0.5) is 15.8 Å². The van der Waals surface area contributed by atoms with Crippen LogP contribution in [-0.2, 0) is 20.7 Å². The predicted octanol–water partition coefficient (Wildman–Crippen LogP) is 2.05. The van der Waals surface area contributed by atoms with Gasteiger partial charge in [0, 0.05) is 30.9 Å². The van der Waals surface area contributed by atoms with E-state index < -0.39 is 29.2 Å². The number of esters is 1. The number of carbonyl (C=O) groups is 2. The second-order valence-corrected chi connectivity index (χ2v) is 5.54. The Morgan fingerprint density at radius 1 is 1.04 bits per heavy atom. The number of hydrogen-bond acceptors (Lipinski definition) is 6. The maximum absolute atomic E-state index is 12.8. The van der Waals surface area contributed by atoms with Gasteiger partial charge in [-0.15, -0.1) is 0 Å². The Kier molecular flexibility index (Phi) is 7.24. The van der Waals surface area contributed by atoms with Crippen LogP contribution >= 0.6 is 0 Å². The third-order valence-electron chi connectivity index (χ3n) is 3.48. The van der Waals surface area contributed by atoms with Gasteiger partial charge in [-0.3, -0.25) is 19.7 Å². The van der Waals surface area contributed by atoms with Crippen LogP contribution < -0.4 is 10.6 Å². The van der Waals surface area contributed by atoms with Crippen molar-refractivity contribution in [2.45, 2.75) is 6.42 Å². The lowest BCUT2D eigenvalue weighted by Crippen LogP contribution is -2.32. The Morgan fingerprint density at radius 2 is 1.70 bits per heavy atom. The van der Waals surface area contributed by atoms with Crippen molar-refractivity contribution < 1.29 is 23.6 Å². The first kappa shape index (κ1) is 19.8. The minimum Gasteiger partial charge on any atom is -0.455 e. The molecule has 0 heterocycles. The van der Waals surface area contributed by atoms with Crippen molar-refractivity contribution >= 4 is 23.3 Å². The molecule has 0 unspecified atom stereocenters. The van der Waals surface area contributed by atoms with Gasteiger partial charge in [0.15, 0.2) is 6.61 Å². The van der Waals surface area contributed by atoms with Gasteiger partial charge in [-0.05, 0) is 29.8 Å². The fraction of sp³-hybridized carbons (Fsp3) is 0.222. The summed E-state index contributed by atoms with van der Waals surface area (Å²) in [6.07, 6.45) is -0.0464. The molecule has 0 radical (unpaired) electrons. The van der Waals surface area contributed by atoms with Crippen LogP contribution in [0.3, 0.4) is 0 Å². The second-order valence-electron chi connectivity index (χ2n) is 5.54. The molecule has 1 amide bonds. The van der Waals surface area contributed by atoms with Crippen LogP contribution in [0.1, 0.15) is 5.56 Å². The lowest BCUT2D eigenvalue weighted by Gasteiger charge is -2.08. The number of non-ortho nitro benzene ring substituents is 1. The second kappa shape index (κ2) is 9.85. The normalized spacial score (nSPS) is 10.1. The number of nitro benzene ring substituents is 1. The van der Waals surface area contributed by atoms with Gasteiger partial charge in [0.25, 0.3) is 11.6 Å². The Labute approximate surface area is 154 Å². The van der Waals surface area contributed by atoms with Crippen LogP contribution in [0, 0.1) is 15.9 Å². The summed E-state index contributed by atoms with van der Waals surface area (Å²) in [5, 5.41) is 16.1. The van der Waals surface area contributed by atoms with Crippen LogP contribution in [0.15, 0.2) is 48.5 Å². The fourth-order valence-corrected chi connectivity index (χ4v) is 2.13. The molecule has 0 aromatic heterocycles. The van der Waals surface area contributed by atoms with Gasteiger partial charge in [0.1, 0.15) is 5.82 Å². The lowest BCUT2D eigenvalue weighted by atomic mass is 10.1. The summed E-state index contributed by atoms with van der Waals surface area (Å²) in [6, 6.07) is 11.3. The van der Waals surface area contributed by atoms with Crippen LogP contribution in [0.25, 0.3) is 0 Å². The van der Waals surface area contributed by atoms with E-state index in [1.54, 1.807) is 12.1 Å². The third kappa shape index (κ3) is 7.10. The first-order valence-corrected chi connectivity index (χ1v) is 8.09. The molecule has 8 nitrogen and oxygen atoms in total. The van der Waals surface area contributed by atoms with Crippen LogP contribution in [0.5, 0.6) is 0 Å². The van der Waals surface area contributed by atoms with Crippen molar-refractivity contribution in [3.63, 3.8) is 0 Å². The van der Waals surface area contributed by atoms with Crippen molar-refractivity contribution in [2.24, 2.45) is 0 Å². The molecule has 0 bridgehead atoms. The van der Waals surface area contributed by atoms with E-state index in [1.807, 2.05) is 0 Å². The average molecular weight is 375 g/mol. The highest BCUT2D eigenvalue weighted by atomic mass is 19.1. The summed E-state index contributed by atoms with van der Waals surface area (Å²) in [6.45, 7) is 0.274. The third-order valence-corrected chi connectivity index (χ3v) is 3.48. The number of hydrogen-bond donors (Lipinski definition) is 2. The van der Waals surface area contributed by atoms with E-state index >= 15 is 0 Å². The number of nitrogens with zero attached hydrogens (tertiary/aromatic N) is 1. The molecule has 0 saturated carbocycles. The number of benzene rings is 2. The quantitative estimate of drug-likeness (QED) is 0.300. The molecule has 2 rings (SSSR count). The lowest BCUT2D eigenvalue weighted by molar-refractivity contribution is -0.384. The van der Waals surface area contributed by atoms with Gasteiger partial charge in [0.05, 0.1) is 11.3 Å². The molecule has 2 N–H and O–H groups in total. The van der Waals surface area contributed by atoms with Gasteiger partial charge in [-0.2, -0.15) is 0 Å². The van der Waals surface area contributed by atoms with Crippen molar-refractivity contribution in [3.8, 4) is 0 Å². The minimum absolute atomic E-state index is 0.00342. The van der Waals surface area contributed by atoms with E-state index in [0.717, 1.165) is 0 Å². The molecule has 2 aromatic rings. The van der Waals surface area contributed by atoms with Crippen molar-refractivity contribution in [2.75, 3.05) is 25.0 Å². The van der Waals surface area contributed by atoms with E-state index in [-0.39, 0.29) is 18.7 Å². The van der Waals surface area contributed by atoms with Crippen molar-refractivity contribution in [3.05, 3.63) is 70.0 Å². The summed E-state index contributed by atoms with van der Waals surface area (Å²) >= 11 is 0. The highest BCUT2D eigenvalue weighted by Crippen LogP contribution is 2.14. The molecule has 0 fully saturated rings. The highest BCUT2D eigenvalue weighted by molar-refractivity contribution is 5.81. The maximum Gasteiger partial charge on any atom is 0.310 e. The molecule has 0 aliphatic heterocycles. The number of anilines is 1. The van der Waals surface area contributed by atoms with Crippen LogP contribution in [0.2, 0.25) is 0 Å². The molecule has 0 atom stereocenters. The topological polar surface area (TPSA) is 111 Å². The van der Waals surface area contributed by atoms with E-state index in [9.17, 15) is 24.1 Å². The number of rotatable bonds is 9. The molecule has 0 aliphatic rings. The van der Waals surface area contributed by atoms with Gasteiger partial charge in [-0.25, -0.2) is 4.39 Å². The zero-order valence-corrected chi connectivity index (χ0v) is 14.3.